The van der Waals surface area contributed by atoms with Crippen LogP contribution in [-0.2, 0) is 0 Å². The van der Waals surface area contributed by atoms with E-state index >= 15 is 0 Å². The van der Waals surface area contributed by atoms with E-state index in [4.69, 9.17) is 0 Å². The highest BCUT2D eigenvalue weighted by atomic mass is 32.1. The van der Waals surface area contributed by atoms with Crippen molar-refractivity contribution >= 4 is 17.3 Å². The third-order valence-electron chi connectivity index (χ3n) is 2.56. The predicted octanol–water partition coefficient (Wildman–Crippen LogP) is 2.00. The highest BCUT2D eigenvalue weighted by Crippen LogP contribution is 2.19. The first kappa shape index (κ1) is 12.7. The van der Waals surface area contributed by atoms with Gasteiger partial charge in [0, 0.05) is 17.5 Å². The van der Waals surface area contributed by atoms with E-state index in [0.717, 1.165) is 18.5 Å². The average molecular weight is 287 g/mol. The molecule has 1 N–H and O–H groups in total. The molecule has 0 amide bonds. The van der Waals surface area contributed by atoms with Crippen LogP contribution in [0.3, 0.4) is 0 Å². The molecule has 0 aliphatic heterocycles. The van der Waals surface area contributed by atoms with Gasteiger partial charge in [0.2, 0.25) is 5.95 Å². The number of aromatic nitrogens is 6. The van der Waals surface area contributed by atoms with Crippen LogP contribution < -0.4 is 5.32 Å². The second-order valence-electron chi connectivity index (χ2n) is 4.06. The largest absolute Gasteiger partial charge is 0.354 e. The molecule has 0 aliphatic rings. The summed E-state index contributed by atoms with van der Waals surface area (Å²) in [7, 11) is 0. The van der Waals surface area contributed by atoms with E-state index in [2.05, 4.69) is 37.3 Å². The lowest BCUT2D eigenvalue weighted by molar-refractivity contribution is 0.794. The summed E-state index contributed by atoms with van der Waals surface area (Å²) in [6.45, 7) is 2.90. The lowest BCUT2D eigenvalue weighted by Gasteiger charge is -2.07. The molecule has 20 heavy (non-hydrogen) atoms. The van der Waals surface area contributed by atoms with Gasteiger partial charge in [-0.15, -0.1) is 0 Å². The summed E-state index contributed by atoms with van der Waals surface area (Å²) in [6.07, 6.45) is 4.02. The van der Waals surface area contributed by atoms with Crippen LogP contribution in [0.25, 0.3) is 17.3 Å². The van der Waals surface area contributed by atoms with Gasteiger partial charge in [-0.3, -0.25) is 0 Å². The van der Waals surface area contributed by atoms with Crippen LogP contribution in [-0.4, -0.2) is 36.3 Å². The summed E-state index contributed by atoms with van der Waals surface area (Å²) in [5.74, 6) is 1.64. The summed E-state index contributed by atoms with van der Waals surface area (Å²) in [5.41, 5.74) is 0.971. The van der Waals surface area contributed by atoms with E-state index in [1.165, 1.54) is 11.0 Å². The third kappa shape index (κ3) is 2.64. The number of hydrogen-bond donors (Lipinski definition) is 1. The molecule has 0 fully saturated rings. The van der Waals surface area contributed by atoms with E-state index in [0.29, 0.717) is 17.7 Å². The van der Waals surface area contributed by atoms with Crippen LogP contribution in [0.1, 0.15) is 13.3 Å². The fourth-order valence-corrected chi connectivity index (χ4v) is 2.25. The van der Waals surface area contributed by atoms with Crippen molar-refractivity contribution in [3.05, 3.63) is 29.5 Å². The summed E-state index contributed by atoms with van der Waals surface area (Å²) < 4.78 is 1.52. The normalized spacial score (nSPS) is 10.7. The van der Waals surface area contributed by atoms with Crippen LogP contribution in [0.4, 0.5) is 5.95 Å². The number of anilines is 1. The minimum Gasteiger partial charge on any atom is -0.354 e. The maximum atomic E-state index is 4.44. The fraction of sp³-hybridized carbons (Fsp3) is 0.250. The molecule has 3 rings (SSSR count). The Balaban J connectivity index is 2.03. The van der Waals surface area contributed by atoms with Gasteiger partial charge < -0.3 is 5.32 Å². The zero-order chi connectivity index (χ0) is 13.8. The molecule has 7 nitrogen and oxygen atoms in total. The topological polar surface area (TPSA) is 81.4 Å². The minimum atomic E-state index is 0.456. The van der Waals surface area contributed by atoms with Crippen molar-refractivity contribution in [3.63, 3.8) is 0 Å². The zero-order valence-electron chi connectivity index (χ0n) is 10.9. The Morgan fingerprint density at radius 1 is 1.30 bits per heavy atom. The smallest absolute Gasteiger partial charge is 0.257 e. The van der Waals surface area contributed by atoms with Crippen LogP contribution >= 0.6 is 11.3 Å². The Kier molecular flexibility index (Phi) is 3.64. The van der Waals surface area contributed by atoms with Crippen molar-refractivity contribution in [2.45, 2.75) is 13.3 Å². The van der Waals surface area contributed by atoms with Crippen molar-refractivity contribution in [2.75, 3.05) is 11.9 Å². The van der Waals surface area contributed by atoms with Crippen LogP contribution in [0.5, 0.6) is 0 Å². The summed E-state index contributed by atoms with van der Waals surface area (Å²) in [6, 6.07) is 1.98. The Labute approximate surface area is 119 Å². The molecular formula is C12H13N7S. The first-order valence-corrected chi connectivity index (χ1v) is 7.18. The molecule has 3 aromatic rings. The van der Waals surface area contributed by atoms with Crippen molar-refractivity contribution in [3.8, 4) is 17.3 Å². The standard InChI is InChI=1S/C12H13N7S/c1-2-4-14-11-16-10(9-3-5-20-6-9)17-12(18-11)19-8-13-7-15-19/h3,5-8H,2,4H2,1H3,(H,14,16,17,18). The van der Waals surface area contributed by atoms with Crippen molar-refractivity contribution in [2.24, 2.45) is 0 Å². The van der Waals surface area contributed by atoms with Crippen LogP contribution in [0.2, 0.25) is 0 Å². The second kappa shape index (κ2) is 5.74. The van der Waals surface area contributed by atoms with Gasteiger partial charge in [-0.1, -0.05) is 6.92 Å². The summed E-state index contributed by atoms with van der Waals surface area (Å²) >= 11 is 1.61. The van der Waals surface area contributed by atoms with Crippen molar-refractivity contribution < 1.29 is 0 Å². The zero-order valence-corrected chi connectivity index (χ0v) is 11.7. The molecule has 0 aromatic carbocycles. The van der Waals surface area contributed by atoms with Gasteiger partial charge in [-0.2, -0.15) is 36.1 Å². The number of hydrogen-bond acceptors (Lipinski definition) is 7. The van der Waals surface area contributed by atoms with Gasteiger partial charge in [0.25, 0.3) is 5.95 Å². The van der Waals surface area contributed by atoms with E-state index in [-0.39, 0.29) is 0 Å². The van der Waals surface area contributed by atoms with Crippen molar-refractivity contribution in [1.82, 2.24) is 29.7 Å². The van der Waals surface area contributed by atoms with Crippen LogP contribution in [0, 0.1) is 0 Å². The minimum absolute atomic E-state index is 0.456. The van der Waals surface area contributed by atoms with E-state index < -0.39 is 0 Å². The number of nitrogens with one attached hydrogen (secondary N) is 1. The molecule has 0 bridgehead atoms. The SMILES string of the molecule is CCCNc1nc(-c2ccsc2)nc(-n2cncn2)n1. The summed E-state index contributed by atoms with van der Waals surface area (Å²) in [5, 5.41) is 11.2. The first-order chi connectivity index (χ1) is 9.86. The first-order valence-electron chi connectivity index (χ1n) is 6.24. The van der Waals surface area contributed by atoms with Gasteiger partial charge >= 0.3 is 0 Å². The second-order valence-corrected chi connectivity index (χ2v) is 4.84. The molecule has 0 radical (unpaired) electrons. The Morgan fingerprint density at radius 3 is 2.95 bits per heavy atom. The van der Waals surface area contributed by atoms with E-state index in [9.17, 15) is 0 Å². The lowest BCUT2D eigenvalue weighted by atomic mass is 10.3. The number of rotatable bonds is 5. The molecular weight excluding hydrogens is 274 g/mol. The Morgan fingerprint density at radius 2 is 2.25 bits per heavy atom. The molecule has 8 heteroatoms. The quantitative estimate of drug-likeness (QED) is 0.773. The molecule has 3 heterocycles. The highest BCUT2D eigenvalue weighted by Gasteiger charge is 2.10. The average Bonchev–Trinajstić information content (AvgIpc) is 3.17. The van der Waals surface area contributed by atoms with Gasteiger partial charge in [-0.05, 0) is 17.9 Å². The molecule has 0 aliphatic carbocycles. The monoisotopic (exact) mass is 287 g/mol. The molecule has 102 valence electrons. The Bertz CT molecular complexity index is 611. The highest BCUT2D eigenvalue weighted by molar-refractivity contribution is 7.08. The molecule has 0 saturated carbocycles. The number of nitrogens with zero attached hydrogens (tertiary/aromatic N) is 6. The molecule has 0 spiro atoms. The number of thiophene rings is 1. The van der Waals surface area contributed by atoms with E-state index in [1.54, 1.807) is 17.7 Å². The van der Waals surface area contributed by atoms with E-state index in [1.807, 2.05) is 16.8 Å². The van der Waals surface area contributed by atoms with Gasteiger partial charge in [0.1, 0.15) is 12.7 Å². The molecule has 0 unspecified atom stereocenters. The molecule has 3 aromatic heterocycles. The predicted molar refractivity (Wildman–Crippen MR) is 76.8 cm³/mol. The molecule has 0 atom stereocenters. The van der Waals surface area contributed by atoms with Gasteiger partial charge in [0.05, 0.1) is 0 Å². The van der Waals surface area contributed by atoms with Crippen molar-refractivity contribution in [1.29, 1.82) is 0 Å². The lowest BCUT2D eigenvalue weighted by Crippen LogP contribution is -2.10. The van der Waals surface area contributed by atoms with Gasteiger partial charge in [0.15, 0.2) is 5.82 Å². The molecule has 0 saturated heterocycles. The fourth-order valence-electron chi connectivity index (χ4n) is 1.62. The third-order valence-corrected chi connectivity index (χ3v) is 3.24. The Hall–Kier alpha value is -2.35. The maximum Gasteiger partial charge on any atom is 0.257 e. The van der Waals surface area contributed by atoms with Gasteiger partial charge in [-0.25, -0.2) is 4.98 Å². The maximum absolute atomic E-state index is 4.44. The van der Waals surface area contributed by atoms with Crippen LogP contribution in [0.15, 0.2) is 29.5 Å². The summed E-state index contributed by atoms with van der Waals surface area (Å²) in [4.78, 5) is 17.1.